The van der Waals surface area contributed by atoms with Crippen LogP contribution < -0.4 is 5.73 Å². The van der Waals surface area contributed by atoms with Gasteiger partial charge in [-0.15, -0.1) is 0 Å². The van der Waals surface area contributed by atoms with Gasteiger partial charge in [0.15, 0.2) is 6.10 Å². The zero-order valence-electron chi connectivity index (χ0n) is 47.5. The van der Waals surface area contributed by atoms with Crippen LogP contribution in [0, 0.1) is 0 Å². The third-order valence-corrected chi connectivity index (χ3v) is 15.5. The Morgan fingerprint density at radius 1 is 0.366 bits per heavy atom. The highest BCUT2D eigenvalue weighted by atomic mass is 31.2. The first-order valence-electron chi connectivity index (χ1n) is 31.5. The van der Waals surface area contributed by atoms with Crippen molar-refractivity contribution >= 4 is 19.8 Å². The van der Waals surface area contributed by atoms with Crippen molar-refractivity contribution in [1.29, 1.82) is 0 Å². The molecule has 9 nitrogen and oxygen atoms in total. The molecule has 0 aliphatic heterocycles. The quantitative estimate of drug-likeness (QED) is 0.0347. The molecule has 10 heteroatoms. The molecule has 0 aromatic rings. The molecule has 0 saturated carbocycles. The van der Waals surface area contributed by atoms with Crippen LogP contribution in [-0.4, -0.2) is 49.3 Å². The molecule has 2 unspecified atom stereocenters. The molecule has 0 bridgehead atoms. The molecule has 0 saturated heterocycles. The smallest absolute Gasteiger partial charge is 0.462 e. The van der Waals surface area contributed by atoms with Crippen molar-refractivity contribution in [2.24, 2.45) is 5.73 Å². The summed E-state index contributed by atoms with van der Waals surface area (Å²) in [5.41, 5.74) is 5.38. The van der Waals surface area contributed by atoms with E-state index in [1.165, 1.54) is 283 Å². The Labute approximate surface area is 441 Å². The summed E-state index contributed by atoms with van der Waals surface area (Å²) in [4.78, 5) is 35.2. The van der Waals surface area contributed by atoms with E-state index in [1.54, 1.807) is 0 Å². The second-order valence-electron chi connectivity index (χ2n) is 21.7. The molecule has 0 radical (unpaired) electrons. The van der Waals surface area contributed by atoms with Crippen LogP contribution in [0.25, 0.3) is 0 Å². The van der Waals surface area contributed by atoms with E-state index in [0.717, 1.165) is 32.1 Å². The van der Waals surface area contributed by atoms with Gasteiger partial charge in [-0.25, -0.2) is 4.57 Å². The Morgan fingerprint density at radius 2 is 0.606 bits per heavy atom. The maximum atomic E-state index is 12.7. The van der Waals surface area contributed by atoms with Gasteiger partial charge in [0.25, 0.3) is 0 Å². The molecule has 0 aromatic heterocycles. The number of esters is 2. The fourth-order valence-electron chi connectivity index (χ4n) is 9.82. The molecule has 0 aliphatic carbocycles. The van der Waals surface area contributed by atoms with Gasteiger partial charge in [-0.3, -0.25) is 18.6 Å². The lowest BCUT2D eigenvalue weighted by atomic mass is 10.0. The largest absolute Gasteiger partial charge is 0.472 e. The summed E-state index contributed by atoms with van der Waals surface area (Å²) in [6.45, 7) is 3.82. The lowest BCUT2D eigenvalue weighted by Crippen LogP contribution is -2.29. The van der Waals surface area contributed by atoms with Crippen LogP contribution in [0.1, 0.15) is 348 Å². The zero-order chi connectivity index (χ0) is 51.7. The molecule has 0 rings (SSSR count). The van der Waals surface area contributed by atoms with Crippen LogP contribution in [0.15, 0.2) is 0 Å². The predicted octanol–water partition coefficient (Wildman–Crippen LogP) is 19.9. The van der Waals surface area contributed by atoms with Crippen LogP contribution in [0.2, 0.25) is 0 Å². The van der Waals surface area contributed by atoms with Gasteiger partial charge in [0.05, 0.1) is 13.2 Å². The summed E-state index contributed by atoms with van der Waals surface area (Å²) in [5.74, 6) is -0.802. The Hall–Kier alpha value is -0.990. The number of hydrogen-bond acceptors (Lipinski definition) is 8. The highest BCUT2D eigenvalue weighted by molar-refractivity contribution is 7.47. The van der Waals surface area contributed by atoms with E-state index in [4.69, 9.17) is 24.3 Å². The molecular weight excluding hydrogens is 906 g/mol. The minimum atomic E-state index is -4.38. The minimum Gasteiger partial charge on any atom is -0.462 e. The summed E-state index contributed by atoms with van der Waals surface area (Å²) < 4.78 is 33.1. The summed E-state index contributed by atoms with van der Waals surface area (Å²) in [6, 6.07) is 0. The molecule has 3 N–H and O–H groups in total. The monoisotopic (exact) mass is 1030 g/mol. The summed E-state index contributed by atoms with van der Waals surface area (Å²) >= 11 is 0. The van der Waals surface area contributed by atoms with Crippen LogP contribution in [0.4, 0.5) is 0 Å². The van der Waals surface area contributed by atoms with Crippen LogP contribution >= 0.6 is 7.82 Å². The number of ether oxygens (including phenoxy) is 2. The third-order valence-electron chi connectivity index (χ3n) is 14.5. The molecule has 0 heterocycles. The van der Waals surface area contributed by atoms with Gasteiger partial charge in [-0.05, 0) is 12.8 Å². The van der Waals surface area contributed by atoms with Crippen molar-refractivity contribution in [3.05, 3.63) is 0 Å². The van der Waals surface area contributed by atoms with Gasteiger partial charge in [-0.2, -0.15) is 0 Å². The fraction of sp³-hybridized carbons (Fsp3) is 0.967. The van der Waals surface area contributed by atoms with Gasteiger partial charge in [0.2, 0.25) is 0 Å². The summed E-state index contributed by atoms with van der Waals surface area (Å²) in [6.07, 6.45) is 66.2. The average molecular weight is 1030 g/mol. The van der Waals surface area contributed by atoms with Crippen LogP contribution in [0.3, 0.4) is 0 Å². The van der Waals surface area contributed by atoms with E-state index in [-0.39, 0.29) is 38.6 Å². The summed E-state index contributed by atoms with van der Waals surface area (Å²) in [7, 11) is -4.38. The molecule has 424 valence electrons. The number of phosphoric acid groups is 1. The zero-order valence-corrected chi connectivity index (χ0v) is 48.4. The first-order valence-corrected chi connectivity index (χ1v) is 33.0. The van der Waals surface area contributed by atoms with Gasteiger partial charge in [0, 0.05) is 19.4 Å². The Kier molecular flexibility index (Phi) is 57.5. The van der Waals surface area contributed by atoms with Gasteiger partial charge in [-0.1, -0.05) is 322 Å². The molecule has 0 aliphatic rings. The van der Waals surface area contributed by atoms with Crippen LogP contribution in [-0.2, 0) is 32.7 Å². The van der Waals surface area contributed by atoms with E-state index in [0.29, 0.717) is 6.42 Å². The number of phosphoric ester groups is 1. The van der Waals surface area contributed by atoms with Gasteiger partial charge >= 0.3 is 19.8 Å². The third kappa shape index (κ3) is 58.1. The topological polar surface area (TPSA) is 134 Å². The van der Waals surface area contributed by atoms with Crippen molar-refractivity contribution in [3.63, 3.8) is 0 Å². The first kappa shape index (κ1) is 70.0. The highest BCUT2D eigenvalue weighted by Crippen LogP contribution is 2.43. The predicted molar refractivity (Wildman–Crippen MR) is 303 cm³/mol. The van der Waals surface area contributed by atoms with Gasteiger partial charge < -0.3 is 20.1 Å². The Morgan fingerprint density at radius 3 is 0.859 bits per heavy atom. The maximum absolute atomic E-state index is 12.7. The number of rotatable bonds is 61. The number of carbonyl (C=O) groups is 2. The molecule has 71 heavy (non-hydrogen) atoms. The molecular formula is C61H122NO8P. The number of carbonyl (C=O) groups excluding carboxylic acids is 2. The van der Waals surface area contributed by atoms with Crippen molar-refractivity contribution in [3.8, 4) is 0 Å². The first-order chi connectivity index (χ1) is 34.8. The second kappa shape index (κ2) is 58.3. The van der Waals surface area contributed by atoms with Crippen molar-refractivity contribution in [1.82, 2.24) is 0 Å². The van der Waals surface area contributed by atoms with E-state index in [2.05, 4.69) is 13.8 Å². The molecule has 0 fully saturated rings. The molecule has 2 atom stereocenters. The lowest BCUT2D eigenvalue weighted by Gasteiger charge is -2.19. The number of hydrogen-bond donors (Lipinski definition) is 2. The van der Waals surface area contributed by atoms with E-state index in [1.807, 2.05) is 0 Å². The second-order valence-corrected chi connectivity index (χ2v) is 23.1. The van der Waals surface area contributed by atoms with E-state index >= 15 is 0 Å². The number of unbranched alkanes of at least 4 members (excludes halogenated alkanes) is 48. The van der Waals surface area contributed by atoms with E-state index in [9.17, 15) is 19.0 Å². The van der Waals surface area contributed by atoms with E-state index < -0.39 is 26.5 Å². The lowest BCUT2D eigenvalue weighted by molar-refractivity contribution is -0.161. The molecule has 0 spiro atoms. The van der Waals surface area contributed by atoms with Gasteiger partial charge in [0.1, 0.15) is 6.61 Å². The van der Waals surface area contributed by atoms with Crippen molar-refractivity contribution in [2.45, 2.75) is 354 Å². The minimum absolute atomic E-state index is 0.0586. The van der Waals surface area contributed by atoms with Crippen molar-refractivity contribution in [2.75, 3.05) is 26.4 Å². The summed E-state index contributed by atoms with van der Waals surface area (Å²) in [5, 5.41) is 0. The van der Waals surface area contributed by atoms with Crippen LogP contribution in [0.5, 0.6) is 0 Å². The SMILES string of the molecule is CCCCCCCCCCCCCCCCCCCCCCCCCCCCCCCCCCCCC(=O)OC(COC(=O)CCCCCCCCCCCCCCCCCC)COP(=O)(O)OCCN. The molecule has 0 amide bonds. The fourth-order valence-corrected chi connectivity index (χ4v) is 10.6. The molecule has 0 aromatic carbocycles. The Bertz CT molecular complexity index is 1130. The van der Waals surface area contributed by atoms with Crippen molar-refractivity contribution < 1.29 is 37.6 Å². The highest BCUT2D eigenvalue weighted by Gasteiger charge is 2.26. The number of nitrogens with two attached hydrogens (primary N) is 1. The maximum Gasteiger partial charge on any atom is 0.472 e. The average Bonchev–Trinajstić information content (AvgIpc) is 3.36. The normalized spacial score (nSPS) is 12.9. The Balaban J connectivity index is 3.77. The standard InChI is InChI=1S/C61H122NO8P/c1-3-5-7-9-11-13-15-17-19-21-22-23-24-25-26-27-28-29-30-31-32-33-34-35-36-37-38-40-42-44-46-48-50-52-54-61(64)70-59(58-69-71(65,66)68-56-55-62)57-67-60(63)53-51-49-47-45-43-41-39-20-18-16-14-12-10-8-6-4-2/h59H,3-58,62H2,1-2H3,(H,65,66).